The topological polar surface area (TPSA) is 35.5 Å². The third-order valence-electron chi connectivity index (χ3n) is 3.96. The van der Waals surface area contributed by atoms with Gasteiger partial charge in [0.15, 0.2) is 0 Å². The number of ether oxygens (including phenoxy) is 2. The smallest absolute Gasteiger partial charge is 0.305 e. The summed E-state index contributed by atoms with van der Waals surface area (Å²) in [5, 5.41) is 0. The van der Waals surface area contributed by atoms with Crippen LogP contribution in [0.2, 0.25) is 0 Å². The van der Waals surface area contributed by atoms with Crippen LogP contribution in [0.1, 0.15) is 38.2 Å². The molecule has 0 aliphatic carbocycles. The molecule has 0 aromatic heterocycles. The summed E-state index contributed by atoms with van der Waals surface area (Å²) in [7, 11) is 1.43. The molecule has 0 heterocycles. The van der Waals surface area contributed by atoms with E-state index in [1.54, 1.807) is 0 Å². The van der Waals surface area contributed by atoms with Crippen molar-refractivity contribution in [2.75, 3.05) is 13.7 Å². The molecule has 0 radical (unpaired) electrons. The minimum absolute atomic E-state index is 0.155. The maximum atomic E-state index is 11.2. The number of rotatable bonds is 9. The van der Waals surface area contributed by atoms with Crippen molar-refractivity contribution >= 4 is 5.97 Å². The highest BCUT2D eigenvalue weighted by Crippen LogP contribution is 2.31. The second kappa shape index (κ2) is 9.76. The first-order chi connectivity index (χ1) is 11.7. The Morgan fingerprint density at radius 3 is 2.54 bits per heavy atom. The number of benzene rings is 2. The number of hydrogen-bond acceptors (Lipinski definition) is 3. The lowest BCUT2D eigenvalue weighted by molar-refractivity contribution is -0.140. The largest absolute Gasteiger partial charge is 0.493 e. The standard InChI is InChI=1S/C21H26O3/c1-3-4-15-24-20-14-13-17(9-8-12-21(22)23-2)16-19(20)18-10-6-5-7-11-18/h5-7,10-11,13-14,16H,3-4,8-9,12,15H2,1-2H3. The third-order valence-corrected chi connectivity index (χ3v) is 3.96. The van der Waals surface area contributed by atoms with Crippen LogP contribution >= 0.6 is 0 Å². The van der Waals surface area contributed by atoms with Crippen molar-refractivity contribution in [1.29, 1.82) is 0 Å². The molecule has 3 heteroatoms. The Kier molecular flexibility index (Phi) is 7.34. The zero-order chi connectivity index (χ0) is 17.2. The molecule has 0 aliphatic rings. The van der Waals surface area contributed by atoms with Gasteiger partial charge in [0.2, 0.25) is 0 Å². The third kappa shape index (κ3) is 5.41. The van der Waals surface area contributed by atoms with Crippen LogP contribution in [0.4, 0.5) is 0 Å². The van der Waals surface area contributed by atoms with Gasteiger partial charge >= 0.3 is 5.97 Å². The molecule has 0 bridgehead atoms. The fraction of sp³-hybridized carbons (Fsp3) is 0.381. The molecule has 0 fully saturated rings. The van der Waals surface area contributed by atoms with Gasteiger partial charge in [0.25, 0.3) is 0 Å². The Morgan fingerprint density at radius 2 is 1.83 bits per heavy atom. The highest BCUT2D eigenvalue weighted by molar-refractivity contribution is 5.71. The van der Waals surface area contributed by atoms with Gasteiger partial charge in [-0.1, -0.05) is 49.7 Å². The summed E-state index contributed by atoms with van der Waals surface area (Å²) in [5.74, 6) is 0.768. The molecule has 0 amide bonds. The van der Waals surface area contributed by atoms with E-state index in [4.69, 9.17) is 9.47 Å². The second-order valence-corrected chi connectivity index (χ2v) is 5.83. The quantitative estimate of drug-likeness (QED) is 0.479. The van der Waals surface area contributed by atoms with Crippen molar-refractivity contribution in [3.05, 3.63) is 54.1 Å². The van der Waals surface area contributed by atoms with Crippen LogP contribution in [0.3, 0.4) is 0 Å². The van der Waals surface area contributed by atoms with E-state index in [0.717, 1.165) is 49.2 Å². The van der Waals surface area contributed by atoms with Crippen LogP contribution < -0.4 is 4.74 Å². The summed E-state index contributed by atoms with van der Waals surface area (Å²) >= 11 is 0. The summed E-state index contributed by atoms with van der Waals surface area (Å²) in [4.78, 5) is 11.2. The lowest BCUT2D eigenvalue weighted by atomic mass is 9.99. The van der Waals surface area contributed by atoms with Crippen molar-refractivity contribution < 1.29 is 14.3 Å². The molecule has 0 aliphatic heterocycles. The molecule has 0 unspecified atom stereocenters. The van der Waals surface area contributed by atoms with Crippen LogP contribution in [0, 0.1) is 0 Å². The monoisotopic (exact) mass is 326 g/mol. The molecule has 0 atom stereocenters. The first kappa shape index (κ1) is 18.1. The zero-order valence-corrected chi connectivity index (χ0v) is 14.6. The molecule has 24 heavy (non-hydrogen) atoms. The minimum Gasteiger partial charge on any atom is -0.493 e. The van der Waals surface area contributed by atoms with E-state index in [0.29, 0.717) is 6.42 Å². The number of hydrogen-bond donors (Lipinski definition) is 0. The van der Waals surface area contributed by atoms with Gasteiger partial charge in [0.1, 0.15) is 5.75 Å². The van der Waals surface area contributed by atoms with E-state index in [1.165, 1.54) is 12.7 Å². The zero-order valence-electron chi connectivity index (χ0n) is 14.6. The maximum Gasteiger partial charge on any atom is 0.305 e. The van der Waals surface area contributed by atoms with E-state index in [9.17, 15) is 4.79 Å². The molecule has 2 rings (SSSR count). The van der Waals surface area contributed by atoms with Gasteiger partial charge in [-0.15, -0.1) is 0 Å². The van der Waals surface area contributed by atoms with Crippen molar-refractivity contribution in [2.45, 2.75) is 39.0 Å². The maximum absolute atomic E-state index is 11.2. The second-order valence-electron chi connectivity index (χ2n) is 5.83. The van der Waals surface area contributed by atoms with E-state index in [1.807, 2.05) is 24.3 Å². The average Bonchev–Trinajstić information content (AvgIpc) is 2.63. The van der Waals surface area contributed by atoms with Gasteiger partial charge in [-0.2, -0.15) is 0 Å². The molecule has 2 aromatic carbocycles. The van der Waals surface area contributed by atoms with Crippen molar-refractivity contribution in [3.8, 4) is 16.9 Å². The van der Waals surface area contributed by atoms with E-state index in [-0.39, 0.29) is 5.97 Å². The molecule has 0 N–H and O–H groups in total. The Balaban J connectivity index is 2.15. The normalized spacial score (nSPS) is 10.4. The van der Waals surface area contributed by atoms with Gasteiger partial charge < -0.3 is 9.47 Å². The number of methoxy groups -OCH3 is 1. The fourth-order valence-corrected chi connectivity index (χ4v) is 2.57. The Labute approximate surface area is 144 Å². The minimum atomic E-state index is -0.155. The summed E-state index contributed by atoms with van der Waals surface area (Å²) in [6, 6.07) is 16.6. The first-order valence-corrected chi connectivity index (χ1v) is 8.62. The van der Waals surface area contributed by atoms with Crippen LogP contribution in [0.25, 0.3) is 11.1 Å². The SMILES string of the molecule is CCCCOc1ccc(CCCC(=O)OC)cc1-c1ccccc1. The number of esters is 1. The molecule has 128 valence electrons. The van der Waals surface area contributed by atoms with Crippen molar-refractivity contribution in [3.63, 3.8) is 0 Å². The molecule has 2 aromatic rings. The lowest BCUT2D eigenvalue weighted by Crippen LogP contribution is -2.01. The van der Waals surface area contributed by atoms with Crippen LogP contribution in [0.5, 0.6) is 5.75 Å². The van der Waals surface area contributed by atoms with Gasteiger partial charge in [-0.05, 0) is 42.5 Å². The van der Waals surface area contributed by atoms with Gasteiger partial charge in [0.05, 0.1) is 13.7 Å². The van der Waals surface area contributed by atoms with Crippen molar-refractivity contribution in [1.82, 2.24) is 0 Å². The number of carbonyl (C=O) groups excluding carboxylic acids is 1. The summed E-state index contributed by atoms with van der Waals surface area (Å²) in [6.07, 6.45) is 4.26. The Morgan fingerprint density at radius 1 is 1.04 bits per heavy atom. The molecule has 0 saturated heterocycles. The summed E-state index contributed by atoms with van der Waals surface area (Å²) in [6.45, 7) is 2.89. The number of aryl methyl sites for hydroxylation is 1. The molecule has 3 nitrogen and oxygen atoms in total. The Bertz CT molecular complexity index is 635. The van der Waals surface area contributed by atoms with Crippen LogP contribution in [-0.4, -0.2) is 19.7 Å². The highest BCUT2D eigenvalue weighted by atomic mass is 16.5. The predicted octanol–water partition coefficient (Wildman–Crippen LogP) is 5.03. The number of carbonyl (C=O) groups is 1. The van der Waals surface area contributed by atoms with E-state index in [2.05, 4.69) is 31.2 Å². The predicted molar refractivity (Wildman–Crippen MR) is 97.2 cm³/mol. The molecular formula is C21H26O3. The van der Waals surface area contributed by atoms with Gasteiger partial charge in [-0.25, -0.2) is 0 Å². The van der Waals surface area contributed by atoms with Crippen molar-refractivity contribution in [2.24, 2.45) is 0 Å². The van der Waals surface area contributed by atoms with Crippen LogP contribution in [0.15, 0.2) is 48.5 Å². The molecule has 0 saturated carbocycles. The van der Waals surface area contributed by atoms with Gasteiger partial charge in [-0.3, -0.25) is 4.79 Å². The lowest BCUT2D eigenvalue weighted by Gasteiger charge is -2.13. The molecular weight excluding hydrogens is 300 g/mol. The van der Waals surface area contributed by atoms with Gasteiger partial charge in [0, 0.05) is 12.0 Å². The number of unbranched alkanes of at least 4 members (excludes halogenated alkanes) is 1. The summed E-state index contributed by atoms with van der Waals surface area (Å²) in [5.41, 5.74) is 3.47. The van der Waals surface area contributed by atoms with E-state index >= 15 is 0 Å². The molecule has 0 spiro atoms. The van der Waals surface area contributed by atoms with E-state index < -0.39 is 0 Å². The first-order valence-electron chi connectivity index (χ1n) is 8.62. The summed E-state index contributed by atoms with van der Waals surface area (Å²) < 4.78 is 10.7. The average molecular weight is 326 g/mol. The fourth-order valence-electron chi connectivity index (χ4n) is 2.57. The van der Waals surface area contributed by atoms with Crippen LogP contribution in [-0.2, 0) is 16.0 Å². The highest BCUT2D eigenvalue weighted by Gasteiger charge is 2.09. The Hall–Kier alpha value is -2.29.